The van der Waals surface area contributed by atoms with E-state index >= 15 is 0 Å². The van der Waals surface area contributed by atoms with E-state index in [0.717, 1.165) is 34.2 Å². The maximum absolute atomic E-state index is 13.2. The number of hydrogen-bond donors (Lipinski definition) is 6. The van der Waals surface area contributed by atoms with Crippen LogP contribution in [0, 0.1) is 0 Å². The van der Waals surface area contributed by atoms with Gasteiger partial charge in [0, 0.05) is 67.5 Å². The molecule has 78 heavy (non-hydrogen) atoms. The largest absolute Gasteiger partial charge is 0.307 e. The molecule has 18 heteroatoms. The van der Waals surface area contributed by atoms with Crippen LogP contribution >= 0.6 is 0 Å². The highest BCUT2D eigenvalue weighted by atomic mass is 16.2. The normalized spacial score (nSPS) is 10.5. The number of nitrogens with zero attached hydrogens (tertiary/aromatic N) is 6. The Morgan fingerprint density at radius 3 is 0.526 bits per heavy atom. The zero-order chi connectivity index (χ0) is 55.6. The van der Waals surface area contributed by atoms with Gasteiger partial charge in [-0.2, -0.15) is 0 Å². The molecule has 0 aliphatic carbocycles. The molecule has 6 amide bonds. The standard InChI is InChI=1S/2C30H30N6O3/c2*1-4-22-10-7-13-25(31-22)34-28(37)19-16-20(29(38)35-26-14-8-11-23(5-2)32-26)18-21(17-19)30(39)36-27-15-9-12-24(6-3)33-27/h2*7-18H,4-6H2,1-3H3,(H,31,34,37)(H,32,35,38)(H,33,36,39). The van der Waals surface area contributed by atoms with Crippen molar-refractivity contribution in [3.8, 4) is 0 Å². The Labute approximate surface area is 452 Å². The summed E-state index contributed by atoms with van der Waals surface area (Å²) in [5, 5.41) is 16.5. The van der Waals surface area contributed by atoms with Crippen LogP contribution < -0.4 is 31.9 Å². The molecule has 6 heterocycles. The summed E-state index contributed by atoms with van der Waals surface area (Å²) in [5.41, 5.74) is 5.70. The number of amides is 6. The molecule has 2 aromatic carbocycles. The zero-order valence-electron chi connectivity index (χ0n) is 44.2. The molecule has 18 nitrogen and oxygen atoms in total. The van der Waals surface area contributed by atoms with Gasteiger partial charge in [-0.3, -0.25) is 28.8 Å². The van der Waals surface area contributed by atoms with Crippen molar-refractivity contribution in [3.63, 3.8) is 0 Å². The second-order valence-electron chi connectivity index (χ2n) is 17.5. The molecular weight excluding hydrogens is 985 g/mol. The number of anilines is 6. The Morgan fingerprint density at radius 1 is 0.256 bits per heavy atom. The number of hydrogen-bond acceptors (Lipinski definition) is 12. The fraction of sp³-hybridized carbons (Fsp3) is 0.200. The van der Waals surface area contributed by atoms with E-state index in [4.69, 9.17) is 0 Å². The van der Waals surface area contributed by atoms with Gasteiger partial charge in [0.2, 0.25) is 0 Å². The molecule has 0 saturated carbocycles. The molecule has 0 radical (unpaired) electrons. The Bertz CT molecular complexity index is 2880. The van der Waals surface area contributed by atoms with Crippen LogP contribution in [-0.4, -0.2) is 65.3 Å². The Balaban J connectivity index is 0.000000226. The van der Waals surface area contributed by atoms with Gasteiger partial charge in [0.1, 0.15) is 34.9 Å². The molecule has 6 aromatic heterocycles. The van der Waals surface area contributed by atoms with E-state index in [1.165, 1.54) is 36.4 Å². The van der Waals surface area contributed by atoms with Crippen LogP contribution in [0.25, 0.3) is 0 Å². The highest BCUT2D eigenvalue weighted by Crippen LogP contribution is 2.20. The van der Waals surface area contributed by atoms with Crippen molar-refractivity contribution >= 4 is 70.4 Å². The molecule has 8 rings (SSSR count). The average Bonchev–Trinajstić information content (AvgIpc) is 3.47. The number of carbonyl (C=O) groups is 6. The van der Waals surface area contributed by atoms with E-state index in [-0.39, 0.29) is 33.4 Å². The van der Waals surface area contributed by atoms with E-state index in [2.05, 4.69) is 61.8 Å². The highest BCUT2D eigenvalue weighted by molar-refractivity contribution is 6.14. The fourth-order valence-corrected chi connectivity index (χ4v) is 7.65. The quantitative estimate of drug-likeness (QED) is 0.0469. The smallest absolute Gasteiger partial charge is 0.256 e. The molecule has 0 unspecified atom stereocenters. The summed E-state index contributed by atoms with van der Waals surface area (Å²) in [6.07, 6.45) is 4.28. The number of pyridine rings is 6. The summed E-state index contributed by atoms with van der Waals surface area (Å²) < 4.78 is 0. The summed E-state index contributed by atoms with van der Waals surface area (Å²) in [4.78, 5) is 106. The van der Waals surface area contributed by atoms with Crippen molar-refractivity contribution in [2.45, 2.75) is 80.1 Å². The zero-order valence-corrected chi connectivity index (χ0v) is 44.2. The first-order valence-corrected chi connectivity index (χ1v) is 25.7. The number of carbonyl (C=O) groups excluding carboxylic acids is 6. The molecule has 0 aliphatic rings. The molecule has 6 N–H and O–H groups in total. The number of rotatable bonds is 18. The van der Waals surface area contributed by atoms with E-state index in [0.29, 0.717) is 73.4 Å². The van der Waals surface area contributed by atoms with Crippen molar-refractivity contribution in [3.05, 3.63) is 213 Å². The van der Waals surface area contributed by atoms with Crippen molar-refractivity contribution in [2.24, 2.45) is 0 Å². The van der Waals surface area contributed by atoms with Crippen molar-refractivity contribution in [1.29, 1.82) is 0 Å². The first-order chi connectivity index (χ1) is 37.8. The lowest BCUT2D eigenvalue weighted by Gasteiger charge is -2.12. The average molecular weight is 1050 g/mol. The van der Waals surface area contributed by atoms with Crippen LogP contribution in [0.5, 0.6) is 0 Å². The summed E-state index contributed by atoms with van der Waals surface area (Å²) >= 11 is 0. The number of aryl methyl sites for hydroxylation is 6. The second kappa shape index (κ2) is 27.1. The van der Waals surface area contributed by atoms with Gasteiger partial charge >= 0.3 is 0 Å². The highest BCUT2D eigenvalue weighted by Gasteiger charge is 2.21. The minimum atomic E-state index is -0.503. The Morgan fingerprint density at radius 2 is 0.397 bits per heavy atom. The lowest BCUT2D eigenvalue weighted by atomic mass is 10.0. The third kappa shape index (κ3) is 15.6. The van der Waals surface area contributed by atoms with Crippen LogP contribution in [0.1, 0.15) is 138 Å². The van der Waals surface area contributed by atoms with E-state index in [9.17, 15) is 28.8 Å². The molecule has 0 bridgehead atoms. The lowest BCUT2D eigenvalue weighted by Crippen LogP contribution is -2.20. The van der Waals surface area contributed by atoms with Gasteiger partial charge in [-0.1, -0.05) is 77.9 Å². The predicted molar refractivity (Wildman–Crippen MR) is 302 cm³/mol. The van der Waals surface area contributed by atoms with Gasteiger partial charge in [-0.15, -0.1) is 0 Å². The summed E-state index contributed by atoms with van der Waals surface area (Å²) in [5.74, 6) is -0.761. The number of nitrogens with one attached hydrogen (secondary N) is 6. The van der Waals surface area contributed by atoms with Crippen LogP contribution in [0.2, 0.25) is 0 Å². The molecule has 0 saturated heterocycles. The van der Waals surface area contributed by atoms with Crippen molar-refractivity contribution < 1.29 is 28.8 Å². The van der Waals surface area contributed by atoms with Gasteiger partial charge in [-0.25, -0.2) is 29.9 Å². The summed E-state index contributed by atoms with van der Waals surface area (Å²) in [6.45, 7) is 11.8. The monoisotopic (exact) mass is 1040 g/mol. The van der Waals surface area contributed by atoms with Crippen molar-refractivity contribution in [2.75, 3.05) is 31.9 Å². The van der Waals surface area contributed by atoms with Gasteiger partial charge in [0.25, 0.3) is 35.4 Å². The summed E-state index contributed by atoms with van der Waals surface area (Å²) in [7, 11) is 0. The maximum atomic E-state index is 13.2. The SMILES string of the molecule is CCc1cccc(NC(=O)c2cc(C(=O)Nc3cccc(CC)n3)cc(C(=O)Nc3cccc(CC)n3)c2)n1.CCc1cccc(NC(=O)c2cc(C(=O)Nc3cccc(CC)n3)cc(C(=O)Nc3cccc(CC)n3)c2)n1. The molecular formula is C60H60N12O6. The Hall–Kier alpha value is -9.84. The molecule has 0 spiro atoms. The van der Waals surface area contributed by atoms with E-state index in [1.54, 1.807) is 72.8 Å². The van der Waals surface area contributed by atoms with E-state index in [1.807, 2.05) is 77.9 Å². The van der Waals surface area contributed by atoms with Crippen molar-refractivity contribution in [1.82, 2.24) is 29.9 Å². The molecule has 0 fully saturated rings. The first-order valence-electron chi connectivity index (χ1n) is 25.7. The minimum absolute atomic E-state index is 0.127. The third-order valence-electron chi connectivity index (χ3n) is 11.9. The maximum Gasteiger partial charge on any atom is 0.256 e. The predicted octanol–water partition coefficient (Wildman–Crippen LogP) is 10.6. The van der Waals surface area contributed by atoms with Crippen LogP contribution in [0.3, 0.4) is 0 Å². The lowest BCUT2D eigenvalue weighted by molar-refractivity contribution is 0.1000. The van der Waals surface area contributed by atoms with Gasteiger partial charge in [-0.05, 0) is 148 Å². The Kier molecular flexibility index (Phi) is 19.4. The van der Waals surface area contributed by atoms with Gasteiger partial charge in [0.05, 0.1) is 0 Å². The fourth-order valence-electron chi connectivity index (χ4n) is 7.65. The minimum Gasteiger partial charge on any atom is -0.307 e. The van der Waals surface area contributed by atoms with Crippen LogP contribution in [0.15, 0.2) is 146 Å². The second-order valence-corrected chi connectivity index (χ2v) is 17.5. The summed E-state index contributed by atoms with van der Waals surface area (Å²) in [6, 6.07) is 40.7. The molecule has 396 valence electrons. The number of aromatic nitrogens is 6. The van der Waals surface area contributed by atoms with E-state index < -0.39 is 35.4 Å². The van der Waals surface area contributed by atoms with Crippen LogP contribution in [0.4, 0.5) is 34.9 Å². The van der Waals surface area contributed by atoms with Crippen LogP contribution in [-0.2, 0) is 38.5 Å². The third-order valence-corrected chi connectivity index (χ3v) is 11.9. The topological polar surface area (TPSA) is 252 Å². The molecule has 8 aromatic rings. The molecule has 0 aliphatic heterocycles. The van der Waals surface area contributed by atoms with Gasteiger partial charge in [0.15, 0.2) is 0 Å². The number of benzene rings is 2. The van der Waals surface area contributed by atoms with Gasteiger partial charge < -0.3 is 31.9 Å². The molecule has 0 atom stereocenters. The first kappa shape index (κ1) is 55.9.